The summed E-state index contributed by atoms with van der Waals surface area (Å²) < 4.78 is 28.4. The average molecular weight is 592 g/mol. The normalized spacial score (nSPS) is 19.2. The van der Waals surface area contributed by atoms with E-state index in [9.17, 15) is 14.7 Å². The summed E-state index contributed by atoms with van der Waals surface area (Å²) in [6.45, 7) is 2.99. The number of carbonyl (C=O) groups excluding carboxylic acids is 1. The van der Waals surface area contributed by atoms with Crippen LogP contribution in [0.5, 0.6) is 28.7 Å². The highest BCUT2D eigenvalue weighted by molar-refractivity contribution is 5.94. The van der Waals surface area contributed by atoms with E-state index in [0.717, 1.165) is 18.4 Å². The lowest BCUT2D eigenvalue weighted by Crippen LogP contribution is -2.46. The molecule has 0 spiro atoms. The number of hydrogen-bond acceptors (Lipinski definition) is 9. The van der Waals surface area contributed by atoms with Crippen LogP contribution in [0.4, 0.5) is 5.69 Å². The predicted molar refractivity (Wildman–Crippen MR) is 158 cm³/mol. The summed E-state index contributed by atoms with van der Waals surface area (Å²) in [5.41, 5.74) is 1.43. The molecule has 2 aromatic carbocycles. The molecule has 43 heavy (non-hydrogen) atoms. The van der Waals surface area contributed by atoms with Gasteiger partial charge in [0, 0.05) is 25.2 Å². The molecular weight excluding hydrogens is 554 g/mol. The predicted octanol–water partition coefficient (Wildman–Crippen LogP) is 4.21. The van der Waals surface area contributed by atoms with Crippen molar-refractivity contribution in [3.63, 3.8) is 0 Å². The van der Waals surface area contributed by atoms with Crippen LogP contribution in [0.3, 0.4) is 0 Å². The first-order valence-electron chi connectivity index (χ1n) is 14.4. The topological polar surface area (TPSA) is 120 Å². The second kappa shape index (κ2) is 13.6. The molecule has 1 saturated heterocycles. The minimum absolute atomic E-state index is 0.000522. The van der Waals surface area contributed by atoms with Crippen LogP contribution < -0.4 is 28.6 Å². The number of methoxy groups -OCH3 is 2. The van der Waals surface area contributed by atoms with Crippen LogP contribution >= 0.6 is 0 Å². The number of carboxylic acid groups (broad SMARTS) is 1. The van der Waals surface area contributed by atoms with Gasteiger partial charge in [-0.25, -0.2) is 0 Å². The zero-order valence-corrected chi connectivity index (χ0v) is 24.6. The fraction of sp³-hybridized carbons (Fsp3) is 0.406. The Bertz CT molecular complexity index is 1420. The van der Waals surface area contributed by atoms with Crippen molar-refractivity contribution in [1.29, 1.82) is 0 Å². The van der Waals surface area contributed by atoms with Crippen LogP contribution in [0.15, 0.2) is 60.9 Å². The smallest absolute Gasteiger partial charge is 0.308 e. The molecular formula is C32H37N3O8. The highest BCUT2D eigenvalue weighted by Gasteiger charge is 2.48. The van der Waals surface area contributed by atoms with Gasteiger partial charge in [-0.3, -0.25) is 19.5 Å². The maximum absolute atomic E-state index is 13.9. The van der Waals surface area contributed by atoms with Crippen molar-refractivity contribution in [3.05, 3.63) is 66.5 Å². The van der Waals surface area contributed by atoms with E-state index in [0.29, 0.717) is 47.5 Å². The number of nitrogens with zero attached hydrogens (tertiary/aromatic N) is 3. The maximum Gasteiger partial charge on any atom is 0.308 e. The zero-order chi connectivity index (χ0) is 30.3. The van der Waals surface area contributed by atoms with E-state index in [1.165, 1.54) is 7.11 Å². The molecule has 0 bridgehead atoms. The fourth-order valence-electron chi connectivity index (χ4n) is 5.80. The number of para-hydroxylation sites is 2. The molecule has 0 unspecified atom stereocenters. The van der Waals surface area contributed by atoms with Gasteiger partial charge in [0.15, 0.2) is 23.0 Å². The van der Waals surface area contributed by atoms with Gasteiger partial charge in [0.1, 0.15) is 6.61 Å². The highest BCUT2D eigenvalue weighted by atomic mass is 16.7. The van der Waals surface area contributed by atoms with Gasteiger partial charge >= 0.3 is 5.97 Å². The van der Waals surface area contributed by atoms with Crippen LogP contribution in [0, 0.1) is 5.92 Å². The standard InChI is InChI=1S/C32H37N3O8/c1-4-5-13-35(22-9-8-12-33-16-22)29(36)18-34-17-23(21-14-27(40-3)31-28(15-21)42-20-43-31)30(32(37)38)24(34)19-41-26-11-7-6-10-25(26)39-2/h6-12,14-16,23-24,30H,4-5,13,17-20H2,1-3H3,(H,37,38)/t23-,24+,30-/m1/s1. The summed E-state index contributed by atoms with van der Waals surface area (Å²) in [5.74, 6) is -0.0234. The number of fused-ring (bicyclic) bond motifs is 1. The Morgan fingerprint density at radius 2 is 1.86 bits per heavy atom. The van der Waals surface area contributed by atoms with Gasteiger partial charge in [0.2, 0.25) is 18.4 Å². The third-order valence-electron chi connectivity index (χ3n) is 7.95. The van der Waals surface area contributed by atoms with Crippen LogP contribution in [-0.2, 0) is 9.59 Å². The molecule has 3 aromatic rings. The summed E-state index contributed by atoms with van der Waals surface area (Å²) in [6.07, 6.45) is 5.07. The number of likely N-dealkylation sites (tertiary alicyclic amines) is 1. The Labute approximate surface area is 250 Å². The van der Waals surface area contributed by atoms with Crippen molar-refractivity contribution in [2.75, 3.05) is 52.2 Å². The molecule has 11 heteroatoms. The first-order valence-corrected chi connectivity index (χ1v) is 14.4. The molecule has 5 rings (SSSR count). The van der Waals surface area contributed by atoms with Gasteiger partial charge in [0.05, 0.1) is 44.6 Å². The molecule has 3 atom stereocenters. The minimum atomic E-state index is -0.986. The number of carbonyl (C=O) groups is 2. The molecule has 1 amide bonds. The lowest BCUT2D eigenvalue weighted by molar-refractivity contribution is -0.143. The number of amides is 1. The quantitative estimate of drug-likeness (QED) is 0.310. The number of benzene rings is 2. The molecule has 11 nitrogen and oxygen atoms in total. The van der Waals surface area contributed by atoms with E-state index in [1.54, 1.807) is 54.7 Å². The third-order valence-corrected chi connectivity index (χ3v) is 7.95. The van der Waals surface area contributed by atoms with Crippen LogP contribution in [0.2, 0.25) is 0 Å². The lowest BCUT2D eigenvalue weighted by atomic mass is 9.85. The summed E-state index contributed by atoms with van der Waals surface area (Å²) >= 11 is 0. The number of pyridine rings is 1. The first-order chi connectivity index (χ1) is 20.9. The van der Waals surface area contributed by atoms with Gasteiger partial charge in [0.25, 0.3) is 0 Å². The number of aliphatic carboxylic acids is 1. The molecule has 2 aliphatic heterocycles. The van der Waals surface area contributed by atoms with Crippen molar-refractivity contribution in [2.24, 2.45) is 5.92 Å². The number of rotatable bonds is 13. The first kappa shape index (κ1) is 30.0. The molecule has 1 aromatic heterocycles. The number of ether oxygens (including phenoxy) is 5. The fourth-order valence-corrected chi connectivity index (χ4v) is 5.80. The van der Waals surface area contributed by atoms with Crippen LogP contribution in [0.1, 0.15) is 31.2 Å². The van der Waals surface area contributed by atoms with E-state index in [-0.39, 0.29) is 25.9 Å². The second-order valence-electron chi connectivity index (χ2n) is 10.5. The summed E-state index contributed by atoms with van der Waals surface area (Å²) in [4.78, 5) is 34.7. The molecule has 1 N–H and O–H groups in total. The van der Waals surface area contributed by atoms with Crippen molar-refractivity contribution in [1.82, 2.24) is 9.88 Å². The number of hydrogen-bond donors (Lipinski definition) is 1. The molecule has 0 radical (unpaired) electrons. The largest absolute Gasteiger partial charge is 0.493 e. The molecule has 0 aliphatic carbocycles. The molecule has 3 heterocycles. The van der Waals surface area contributed by atoms with Crippen molar-refractivity contribution >= 4 is 17.6 Å². The van der Waals surface area contributed by atoms with Gasteiger partial charge in [-0.05, 0) is 48.4 Å². The van der Waals surface area contributed by atoms with E-state index in [1.807, 2.05) is 23.1 Å². The van der Waals surface area contributed by atoms with Crippen LogP contribution in [-0.4, -0.2) is 80.2 Å². The number of anilines is 1. The number of carboxylic acids is 1. The van der Waals surface area contributed by atoms with E-state index >= 15 is 0 Å². The van der Waals surface area contributed by atoms with E-state index < -0.39 is 23.8 Å². The molecule has 0 saturated carbocycles. The van der Waals surface area contributed by atoms with E-state index in [2.05, 4.69) is 11.9 Å². The van der Waals surface area contributed by atoms with Gasteiger partial charge in [-0.15, -0.1) is 0 Å². The second-order valence-corrected chi connectivity index (χ2v) is 10.5. The van der Waals surface area contributed by atoms with E-state index in [4.69, 9.17) is 23.7 Å². The van der Waals surface area contributed by atoms with Crippen LogP contribution in [0.25, 0.3) is 0 Å². The Morgan fingerprint density at radius 3 is 2.56 bits per heavy atom. The molecule has 1 fully saturated rings. The van der Waals surface area contributed by atoms with Crippen molar-refractivity contribution in [3.8, 4) is 28.7 Å². The molecule has 2 aliphatic rings. The Balaban J connectivity index is 1.48. The minimum Gasteiger partial charge on any atom is -0.493 e. The Morgan fingerprint density at radius 1 is 1.07 bits per heavy atom. The van der Waals surface area contributed by atoms with Gasteiger partial charge in [-0.1, -0.05) is 25.5 Å². The molecule has 228 valence electrons. The average Bonchev–Trinajstić information content (AvgIpc) is 3.65. The summed E-state index contributed by atoms with van der Waals surface area (Å²) in [7, 11) is 3.08. The summed E-state index contributed by atoms with van der Waals surface area (Å²) in [5, 5.41) is 10.6. The summed E-state index contributed by atoms with van der Waals surface area (Å²) in [6, 6.07) is 13.8. The Kier molecular flexibility index (Phi) is 9.51. The van der Waals surface area contributed by atoms with Gasteiger partial charge in [-0.2, -0.15) is 0 Å². The monoisotopic (exact) mass is 591 g/mol. The van der Waals surface area contributed by atoms with Gasteiger partial charge < -0.3 is 33.7 Å². The maximum atomic E-state index is 13.9. The lowest BCUT2D eigenvalue weighted by Gasteiger charge is -2.29. The zero-order valence-electron chi connectivity index (χ0n) is 24.6. The van der Waals surface area contributed by atoms with Crippen molar-refractivity contribution in [2.45, 2.75) is 31.7 Å². The van der Waals surface area contributed by atoms with Crippen molar-refractivity contribution < 1.29 is 38.4 Å². The Hall–Kier alpha value is -4.51. The SMILES string of the molecule is CCCCN(C(=O)CN1C[C@H](c2cc(OC)c3c(c2)OCO3)[C@@H](C(=O)O)[C@@H]1COc1ccccc1OC)c1cccnc1. The highest BCUT2D eigenvalue weighted by Crippen LogP contribution is 2.47. The number of aromatic nitrogens is 1. The number of unbranched alkanes of at least 4 members (excludes halogenated alkanes) is 1. The third kappa shape index (κ3) is 6.46.